The lowest BCUT2D eigenvalue weighted by Crippen LogP contribution is -2.19. The fraction of sp³-hybridized carbons (Fsp3) is 0.300. The van der Waals surface area contributed by atoms with Gasteiger partial charge in [0.2, 0.25) is 0 Å². The lowest BCUT2D eigenvalue weighted by Gasteiger charge is -1.98. The summed E-state index contributed by atoms with van der Waals surface area (Å²) in [6, 6.07) is 1.82. The SMILES string of the molecule is CC.Cn1ncc2cc(Br)cnc2c1=O. The van der Waals surface area contributed by atoms with Crippen LogP contribution in [0.2, 0.25) is 0 Å². The van der Waals surface area contributed by atoms with Crippen molar-refractivity contribution >= 4 is 26.8 Å². The van der Waals surface area contributed by atoms with E-state index < -0.39 is 0 Å². The summed E-state index contributed by atoms with van der Waals surface area (Å²) in [5.41, 5.74) is 0.269. The van der Waals surface area contributed by atoms with E-state index in [9.17, 15) is 4.79 Å². The summed E-state index contributed by atoms with van der Waals surface area (Å²) >= 11 is 3.28. The number of aromatic nitrogens is 3. The predicted molar refractivity (Wildman–Crippen MR) is 63.8 cm³/mol. The molecule has 80 valence electrons. The topological polar surface area (TPSA) is 47.8 Å². The Morgan fingerprint density at radius 1 is 1.33 bits per heavy atom. The quantitative estimate of drug-likeness (QED) is 0.736. The highest BCUT2D eigenvalue weighted by Crippen LogP contribution is 2.12. The van der Waals surface area contributed by atoms with Gasteiger partial charge in [0.25, 0.3) is 5.56 Å². The van der Waals surface area contributed by atoms with Crippen LogP contribution in [-0.2, 0) is 7.05 Å². The normalized spacial score (nSPS) is 9.60. The maximum atomic E-state index is 11.5. The first kappa shape index (κ1) is 11.8. The lowest BCUT2D eigenvalue weighted by atomic mass is 10.3. The Hall–Kier alpha value is -1.23. The van der Waals surface area contributed by atoms with Crippen LogP contribution < -0.4 is 5.56 Å². The fourth-order valence-corrected chi connectivity index (χ4v) is 1.44. The molecule has 0 aliphatic rings. The molecule has 0 unspecified atom stereocenters. The van der Waals surface area contributed by atoms with Crippen LogP contribution in [-0.4, -0.2) is 14.8 Å². The summed E-state index contributed by atoms with van der Waals surface area (Å²) in [6.45, 7) is 4.00. The number of nitrogens with zero attached hydrogens (tertiary/aromatic N) is 3. The van der Waals surface area contributed by atoms with E-state index in [1.807, 2.05) is 19.9 Å². The number of pyridine rings is 1. The minimum absolute atomic E-state index is 0.176. The van der Waals surface area contributed by atoms with Gasteiger partial charge < -0.3 is 0 Å². The Bertz CT molecular complexity index is 522. The predicted octanol–water partition coefficient (Wildman–Crippen LogP) is 2.12. The molecule has 2 rings (SSSR count). The van der Waals surface area contributed by atoms with Crippen LogP contribution in [0, 0.1) is 0 Å². The first-order chi connectivity index (χ1) is 7.18. The third-order valence-electron chi connectivity index (χ3n) is 1.75. The lowest BCUT2D eigenvalue weighted by molar-refractivity contribution is 0.716. The zero-order chi connectivity index (χ0) is 11.4. The number of fused-ring (bicyclic) bond motifs is 1. The first-order valence-electron chi connectivity index (χ1n) is 4.66. The minimum atomic E-state index is -0.176. The van der Waals surface area contributed by atoms with Gasteiger partial charge in [-0.1, -0.05) is 13.8 Å². The van der Waals surface area contributed by atoms with E-state index in [4.69, 9.17) is 0 Å². The van der Waals surface area contributed by atoms with Gasteiger partial charge in [0.1, 0.15) is 5.52 Å². The highest BCUT2D eigenvalue weighted by Gasteiger charge is 2.02. The maximum Gasteiger partial charge on any atom is 0.292 e. The molecular weight excluding hydrogens is 258 g/mol. The summed E-state index contributed by atoms with van der Waals surface area (Å²) in [6.07, 6.45) is 3.22. The van der Waals surface area contributed by atoms with E-state index in [0.29, 0.717) is 5.52 Å². The molecule has 0 aliphatic heterocycles. The van der Waals surface area contributed by atoms with Gasteiger partial charge in [-0.15, -0.1) is 0 Å². The van der Waals surface area contributed by atoms with Gasteiger partial charge >= 0.3 is 0 Å². The standard InChI is InChI=1S/C8H6BrN3O.C2H6/c1-12-8(13)7-5(3-11-12)2-6(9)4-10-7;1-2/h2-4H,1H3;1-2H3. The summed E-state index contributed by atoms with van der Waals surface area (Å²) < 4.78 is 2.11. The molecule has 0 N–H and O–H groups in total. The van der Waals surface area contributed by atoms with Crippen LogP contribution in [0.5, 0.6) is 0 Å². The Morgan fingerprint density at radius 2 is 2.00 bits per heavy atom. The summed E-state index contributed by atoms with van der Waals surface area (Å²) in [5.74, 6) is 0. The smallest absolute Gasteiger partial charge is 0.265 e. The second kappa shape index (κ2) is 5.02. The maximum absolute atomic E-state index is 11.5. The van der Waals surface area contributed by atoms with E-state index in [1.54, 1.807) is 19.4 Å². The Balaban J connectivity index is 0.000000531. The number of rotatable bonds is 0. The fourth-order valence-electron chi connectivity index (χ4n) is 1.09. The van der Waals surface area contributed by atoms with Gasteiger partial charge in [0.05, 0.1) is 6.20 Å². The van der Waals surface area contributed by atoms with Gasteiger partial charge in [-0.2, -0.15) is 5.10 Å². The molecule has 0 saturated heterocycles. The molecule has 0 bridgehead atoms. The van der Waals surface area contributed by atoms with Crippen LogP contribution in [0.4, 0.5) is 0 Å². The molecule has 0 radical (unpaired) electrons. The van der Waals surface area contributed by atoms with Crippen LogP contribution in [0.3, 0.4) is 0 Å². The highest BCUT2D eigenvalue weighted by molar-refractivity contribution is 9.10. The molecule has 5 heteroatoms. The van der Waals surface area contributed by atoms with Crippen molar-refractivity contribution in [2.24, 2.45) is 7.05 Å². The van der Waals surface area contributed by atoms with E-state index >= 15 is 0 Å². The van der Waals surface area contributed by atoms with Crippen LogP contribution in [0.1, 0.15) is 13.8 Å². The third kappa shape index (κ3) is 2.41. The summed E-state index contributed by atoms with van der Waals surface area (Å²) in [5, 5.41) is 4.64. The molecule has 2 aromatic heterocycles. The molecule has 0 aliphatic carbocycles. The van der Waals surface area contributed by atoms with Crippen molar-refractivity contribution in [3.63, 3.8) is 0 Å². The van der Waals surface area contributed by atoms with Crippen LogP contribution in [0.15, 0.2) is 27.7 Å². The average molecular weight is 270 g/mol. The van der Waals surface area contributed by atoms with Crippen molar-refractivity contribution in [2.45, 2.75) is 13.8 Å². The monoisotopic (exact) mass is 269 g/mol. The second-order valence-electron chi connectivity index (χ2n) is 2.66. The van der Waals surface area contributed by atoms with Crippen molar-refractivity contribution in [2.75, 3.05) is 0 Å². The van der Waals surface area contributed by atoms with E-state index in [-0.39, 0.29) is 5.56 Å². The molecule has 0 amide bonds. The van der Waals surface area contributed by atoms with E-state index in [2.05, 4.69) is 26.0 Å². The summed E-state index contributed by atoms with van der Waals surface area (Å²) in [4.78, 5) is 15.5. The second-order valence-corrected chi connectivity index (χ2v) is 3.58. The van der Waals surface area contributed by atoms with Crippen molar-refractivity contribution < 1.29 is 0 Å². The first-order valence-corrected chi connectivity index (χ1v) is 5.45. The number of halogens is 1. The van der Waals surface area contributed by atoms with Gasteiger partial charge in [0.15, 0.2) is 0 Å². The van der Waals surface area contributed by atoms with E-state index in [1.165, 1.54) is 4.68 Å². The van der Waals surface area contributed by atoms with Gasteiger partial charge in [-0.05, 0) is 22.0 Å². The van der Waals surface area contributed by atoms with Gasteiger partial charge in [0, 0.05) is 23.1 Å². The number of hydrogen-bond acceptors (Lipinski definition) is 3. The van der Waals surface area contributed by atoms with Crippen molar-refractivity contribution in [3.05, 3.63) is 33.3 Å². The van der Waals surface area contributed by atoms with Gasteiger partial charge in [-0.25, -0.2) is 9.67 Å². The number of aryl methyl sites for hydroxylation is 1. The molecule has 0 spiro atoms. The van der Waals surface area contributed by atoms with Gasteiger partial charge in [-0.3, -0.25) is 4.79 Å². The Kier molecular flexibility index (Phi) is 3.96. The molecule has 0 atom stereocenters. The zero-order valence-corrected chi connectivity index (χ0v) is 10.4. The molecule has 2 aromatic rings. The van der Waals surface area contributed by atoms with Crippen molar-refractivity contribution in [3.8, 4) is 0 Å². The largest absolute Gasteiger partial charge is 0.292 e. The van der Waals surface area contributed by atoms with Crippen LogP contribution >= 0.6 is 15.9 Å². The molecule has 2 heterocycles. The zero-order valence-electron chi connectivity index (χ0n) is 8.86. The molecule has 0 saturated carbocycles. The van der Waals surface area contributed by atoms with Crippen LogP contribution in [0.25, 0.3) is 10.9 Å². The summed E-state index contributed by atoms with van der Waals surface area (Å²) in [7, 11) is 1.60. The minimum Gasteiger partial charge on any atom is -0.265 e. The molecular formula is C10H12BrN3O. The third-order valence-corrected chi connectivity index (χ3v) is 2.18. The Labute approximate surface area is 96.1 Å². The van der Waals surface area contributed by atoms with E-state index in [0.717, 1.165) is 9.86 Å². The molecule has 15 heavy (non-hydrogen) atoms. The average Bonchev–Trinajstić information content (AvgIpc) is 2.26. The highest BCUT2D eigenvalue weighted by atomic mass is 79.9. The van der Waals surface area contributed by atoms with Crippen molar-refractivity contribution in [1.29, 1.82) is 0 Å². The number of hydrogen-bond donors (Lipinski definition) is 0. The Morgan fingerprint density at radius 3 is 2.67 bits per heavy atom. The van der Waals surface area contributed by atoms with Crippen molar-refractivity contribution in [1.82, 2.24) is 14.8 Å². The molecule has 0 aromatic carbocycles. The molecule has 0 fully saturated rings. The molecule has 4 nitrogen and oxygen atoms in total.